The number of likely N-dealkylation sites (N-methyl/N-ethyl adjacent to an activating group) is 1. The third kappa shape index (κ3) is 6.47. The summed E-state index contributed by atoms with van der Waals surface area (Å²) in [6.45, 7) is 2.21. The summed E-state index contributed by atoms with van der Waals surface area (Å²) in [5.41, 5.74) is 2.77. The second-order valence-electron chi connectivity index (χ2n) is 6.96. The van der Waals surface area contributed by atoms with Crippen LogP contribution in [-0.2, 0) is 27.9 Å². The number of amides is 1. The molecule has 0 spiro atoms. The van der Waals surface area contributed by atoms with Gasteiger partial charge in [-0.3, -0.25) is 4.79 Å². The third-order valence-corrected chi connectivity index (χ3v) is 5.75. The summed E-state index contributed by atoms with van der Waals surface area (Å²) >= 11 is 0. The molecule has 2 rings (SSSR count). The molecule has 0 atom stereocenters. The van der Waals surface area contributed by atoms with Crippen molar-refractivity contribution >= 4 is 15.9 Å². The van der Waals surface area contributed by atoms with Gasteiger partial charge in [0.05, 0.1) is 27.0 Å². The first-order valence-electron chi connectivity index (χ1n) is 9.09. The zero-order valence-corrected chi connectivity index (χ0v) is 18.3. The summed E-state index contributed by atoms with van der Waals surface area (Å²) < 4.78 is 36.1. The Morgan fingerprint density at radius 1 is 0.931 bits per heavy atom. The highest BCUT2D eigenvalue weighted by Crippen LogP contribution is 2.28. The Morgan fingerprint density at radius 2 is 1.52 bits per heavy atom. The van der Waals surface area contributed by atoms with E-state index in [-0.39, 0.29) is 19.0 Å². The number of aryl methyl sites for hydroxylation is 1. The maximum absolute atomic E-state index is 12.7. The maximum atomic E-state index is 12.7. The molecule has 0 aliphatic heterocycles. The van der Waals surface area contributed by atoms with E-state index in [1.54, 1.807) is 33.4 Å². The van der Waals surface area contributed by atoms with Gasteiger partial charge in [0, 0.05) is 20.1 Å². The van der Waals surface area contributed by atoms with E-state index in [4.69, 9.17) is 9.47 Å². The lowest BCUT2D eigenvalue weighted by Gasteiger charge is -2.24. The van der Waals surface area contributed by atoms with Crippen LogP contribution in [0, 0.1) is 6.92 Å². The predicted molar refractivity (Wildman–Crippen MR) is 112 cm³/mol. The van der Waals surface area contributed by atoms with Gasteiger partial charge in [0.1, 0.15) is 0 Å². The number of sulfonamides is 1. The maximum Gasteiger partial charge on any atom is 0.237 e. The first kappa shape index (κ1) is 22.7. The molecule has 0 aliphatic rings. The van der Waals surface area contributed by atoms with Crippen LogP contribution in [0.15, 0.2) is 42.5 Å². The zero-order chi connectivity index (χ0) is 21.6. The molecular formula is C21H28N2O5S. The molecule has 7 nitrogen and oxygen atoms in total. The van der Waals surface area contributed by atoms with Crippen molar-refractivity contribution in [3.05, 3.63) is 59.2 Å². The van der Waals surface area contributed by atoms with Crippen molar-refractivity contribution in [2.24, 2.45) is 0 Å². The summed E-state index contributed by atoms with van der Waals surface area (Å²) in [5.74, 6) is 0.881. The van der Waals surface area contributed by atoms with E-state index >= 15 is 0 Å². The average Bonchev–Trinajstić information content (AvgIpc) is 2.68. The van der Waals surface area contributed by atoms with Crippen LogP contribution in [0.3, 0.4) is 0 Å². The second-order valence-corrected chi connectivity index (χ2v) is 8.94. The number of ether oxygens (including phenoxy) is 2. The molecule has 29 heavy (non-hydrogen) atoms. The summed E-state index contributed by atoms with van der Waals surface area (Å²) in [6.07, 6.45) is 1.11. The zero-order valence-electron chi connectivity index (χ0n) is 17.5. The molecule has 0 unspecified atom stereocenters. The van der Waals surface area contributed by atoms with Gasteiger partial charge in [-0.15, -0.1) is 0 Å². The highest BCUT2D eigenvalue weighted by Gasteiger charge is 2.22. The first-order valence-corrected chi connectivity index (χ1v) is 10.9. The number of benzene rings is 2. The molecule has 0 saturated carbocycles. The van der Waals surface area contributed by atoms with Crippen molar-refractivity contribution < 1.29 is 22.7 Å². The standard InChI is InChI=1S/C21H28N2O5S/c1-16-6-8-17(9-7-16)14-23(29(5,25)26)15-21(24)22(2)13-18-10-11-19(27-3)20(12-18)28-4/h6-12H,13-15H2,1-5H3. The minimum atomic E-state index is -3.55. The highest BCUT2D eigenvalue weighted by atomic mass is 32.2. The van der Waals surface area contributed by atoms with E-state index in [9.17, 15) is 13.2 Å². The number of hydrogen-bond acceptors (Lipinski definition) is 5. The van der Waals surface area contributed by atoms with Crippen molar-refractivity contribution in [3.63, 3.8) is 0 Å². The minimum Gasteiger partial charge on any atom is -0.493 e. The van der Waals surface area contributed by atoms with Crippen molar-refractivity contribution in [3.8, 4) is 11.5 Å². The topological polar surface area (TPSA) is 76.2 Å². The Bertz CT molecular complexity index is 942. The van der Waals surface area contributed by atoms with E-state index in [1.807, 2.05) is 37.3 Å². The number of carbonyl (C=O) groups is 1. The Morgan fingerprint density at radius 3 is 2.07 bits per heavy atom. The highest BCUT2D eigenvalue weighted by molar-refractivity contribution is 7.88. The number of methoxy groups -OCH3 is 2. The second kappa shape index (κ2) is 9.76. The van der Waals surface area contributed by atoms with Crippen LogP contribution < -0.4 is 9.47 Å². The Hall–Kier alpha value is -2.58. The SMILES string of the molecule is COc1ccc(CN(C)C(=O)CN(Cc2ccc(C)cc2)S(C)(=O)=O)cc1OC. The molecule has 2 aromatic carbocycles. The fourth-order valence-electron chi connectivity index (χ4n) is 2.80. The fourth-order valence-corrected chi connectivity index (χ4v) is 3.53. The van der Waals surface area contributed by atoms with E-state index < -0.39 is 10.0 Å². The summed E-state index contributed by atoms with van der Waals surface area (Å²) in [6, 6.07) is 13.0. The summed E-state index contributed by atoms with van der Waals surface area (Å²) in [5, 5.41) is 0. The van der Waals surface area contributed by atoms with Gasteiger partial charge < -0.3 is 14.4 Å². The van der Waals surface area contributed by atoms with Crippen molar-refractivity contribution in [2.75, 3.05) is 34.1 Å². The number of nitrogens with zero attached hydrogens (tertiary/aromatic N) is 2. The lowest BCUT2D eigenvalue weighted by molar-refractivity contribution is -0.130. The lowest BCUT2D eigenvalue weighted by atomic mass is 10.1. The average molecular weight is 421 g/mol. The minimum absolute atomic E-state index is 0.148. The van der Waals surface area contributed by atoms with Crippen molar-refractivity contribution in [1.82, 2.24) is 9.21 Å². The van der Waals surface area contributed by atoms with Crippen LogP contribution in [0.2, 0.25) is 0 Å². The van der Waals surface area contributed by atoms with Crippen LogP contribution in [0.5, 0.6) is 11.5 Å². The molecule has 158 valence electrons. The van der Waals surface area contributed by atoms with E-state index in [0.29, 0.717) is 18.0 Å². The normalized spacial score (nSPS) is 11.4. The van der Waals surface area contributed by atoms with Crippen LogP contribution in [-0.4, -0.2) is 57.6 Å². The number of hydrogen-bond donors (Lipinski definition) is 0. The number of carbonyl (C=O) groups excluding carboxylic acids is 1. The molecule has 0 N–H and O–H groups in total. The Balaban J connectivity index is 2.09. The van der Waals surface area contributed by atoms with Crippen molar-refractivity contribution in [1.29, 1.82) is 0 Å². The lowest BCUT2D eigenvalue weighted by Crippen LogP contribution is -2.40. The quantitative estimate of drug-likeness (QED) is 0.623. The van der Waals surface area contributed by atoms with E-state index in [2.05, 4.69) is 0 Å². The molecule has 0 aliphatic carbocycles. The van der Waals surface area contributed by atoms with Gasteiger partial charge in [0.2, 0.25) is 15.9 Å². The van der Waals surface area contributed by atoms with Gasteiger partial charge in [0.25, 0.3) is 0 Å². The molecular weight excluding hydrogens is 392 g/mol. The van der Waals surface area contributed by atoms with Gasteiger partial charge >= 0.3 is 0 Å². The predicted octanol–water partition coefficient (Wildman–Crippen LogP) is 2.43. The molecule has 0 fully saturated rings. The van der Waals surface area contributed by atoms with Gasteiger partial charge in [0.15, 0.2) is 11.5 Å². The van der Waals surface area contributed by atoms with E-state index in [1.165, 1.54) is 9.21 Å². The molecule has 0 bridgehead atoms. The molecule has 1 amide bonds. The molecule has 0 heterocycles. The van der Waals surface area contributed by atoms with Crippen LogP contribution >= 0.6 is 0 Å². The van der Waals surface area contributed by atoms with Crippen LogP contribution in [0.1, 0.15) is 16.7 Å². The molecule has 0 saturated heterocycles. The van der Waals surface area contributed by atoms with Gasteiger partial charge in [-0.1, -0.05) is 35.9 Å². The smallest absolute Gasteiger partial charge is 0.237 e. The summed E-state index contributed by atoms with van der Waals surface area (Å²) in [4.78, 5) is 14.2. The largest absolute Gasteiger partial charge is 0.493 e. The fraction of sp³-hybridized carbons (Fsp3) is 0.381. The Labute approximate surface area is 172 Å². The summed E-state index contributed by atoms with van der Waals surface area (Å²) in [7, 11) is 1.20. The van der Waals surface area contributed by atoms with Crippen LogP contribution in [0.4, 0.5) is 0 Å². The first-order chi connectivity index (χ1) is 13.6. The third-order valence-electron chi connectivity index (χ3n) is 4.55. The monoisotopic (exact) mass is 420 g/mol. The van der Waals surface area contributed by atoms with Gasteiger partial charge in [-0.05, 0) is 30.2 Å². The molecule has 8 heteroatoms. The number of rotatable bonds is 9. The Kier molecular flexibility index (Phi) is 7.64. The molecule has 2 aromatic rings. The van der Waals surface area contributed by atoms with Crippen LogP contribution in [0.25, 0.3) is 0 Å². The van der Waals surface area contributed by atoms with Gasteiger partial charge in [-0.2, -0.15) is 4.31 Å². The van der Waals surface area contributed by atoms with Gasteiger partial charge in [-0.25, -0.2) is 8.42 Å². The molecule has 0 aromatic heterocycles. The molecule has 0 radical (unpaired) electrons. The van der Waals surface area contributed by atoms with Crippen molar-refractivity contribution in [2.45, 2.75) is 20.0 Å². The van der Waals surface area contributed by atoms with E-state index in [0.717, 1.165) is 22.9 Å².